The van der Waals surface area contributed by atoms with Gasteiger partial charge in [0.1, 0.15) is 0 Å². The van der Waals surface area contributed by atoms with Gasteiger partial charge in [-0.15, -0.1) is 0 Å². The van der Waals surface area contributed by atoms with Gasteiger partial charge in [0.25, 0.3) is 0 Å². The summed E-state index contributed by atoms with van der Waals surface area (Å²) in [5, 5.41) is 2.95. The summed E-state index contributed by atoms with van der Waals surface area (Å²) in [7, 11) is -0.208. The molecule has 0 aliphatic carbocycles. The van der Waals surface area contributed by atoms with Crippen molar-refractivity contribution in [1.29, 1.82) is 0 Å². The highest BCUT2D eigenvalue weighted by Gasteiger charge is 2.10. The van der Waals surface area contributed by atoms with E-state index in [4.69, 9.17) is 0 Å². The molecule has 0 aliphatic heterocycles. The van der Waals surface area contributed by atoms with Crippen molar-refractivity contribution in [2.24, 2.45) is 0 Å². The van der Waals surface area contributed by atoms with Gasteiger partial charge in [-0.3, -0.25) is 0 Å². The second-order valence-electron chi connectivity index (χ2n) is 4.11. The van der Waals surface area contributed by atoms with Crippen LogP contribution in [0.5, 0.6) is 0 Å². The van der Waals surface area contributed by atoms with E-state index in [-0.39, 0.29) is 7.92 Å². The topological polar surface area (TPSA) is 0 Å². The average molecular weight is 228 g/mol. The standard InChI is InChI=1S/C15H17P/c1-12-8-7-11-15(13(12)2)16(3)14-9-5-4-6-10-14/h4-11H,1-3H3. The molecule has 0 saturated carbocycles. The molecule has 0 spiro atoms. The quantitative estimate of drug-likeness (QED) is 0.691. The smallest absolute Gasteiger partial charge is 0.0166 e. The Morgan fingerprint density at radius 1 is 0.812 bits per heavy atom. The van der Waals surface area contributed by atoms with E-state index in [2.05, 4.69) is 69.0 Å². The molecule has 1 heteroatoms. The average Bonchev–Trinajstić information content (AvgIpc) is 2.33. The number of benzene rings is 2. The third-order valence-electron chi connectivity index (χ3n) is 3.08. The van der Waals surface area contributed by atoms with Crippen molar-refractivity contribution >= 4 is 18.5 Å². The fourth-order valence-corrected chi connectivity index (χ4v) is 3.78. The Morgan fingerprint density at radius 2 is 1.50 bits per heavy atom. The van der Waals surface area contributed by atoms with Crippen LogP contribution >= 0.6 is 7.92 Å². The molecule has 2 rings (SSSR count). The van der Waals surface area contributed by atoms with Gasteiger partial charge in [0.05, 0.1) is 0 Å². The van der Waals surface area contributed by atoms with E-state index in [1.807, 2.05) is 0 Å². The minimum absolute atomic E-state index is 0.208. The minimum atomic E-state index is -0.208. The molecule has 2 aromatic rings. The van der Waals surface area contributed by atoms with Crippen LogP contribution in [-0.4, -0.2) is 6.66 Å². The van der Waals surface area contributed by atoms with E-state index in [0.717, 1.165) is 0 Å². The Morgan fingerprint density at radius 3 is 2.19 bits per heavy atom. The monoisotopic (exact) mass is 228 g/mol. The molecule has 0 amide bonds. The molecule has 0 aromatic heterocycles. The summed E-state index contributed by atoms with van der Waals surface area (Å²) in [5.41, 5.74) is 2.84. The molecular weight excluding hydrogens is 211 g/mol. The summed E-state index contributed by atoms with van der Waals surface area (Å²) in [4.78, 5) is 0. The molecule has 0 N–H and O–H groups in total. The van der Waals surface area contributed by atoms with E-state index < -0.39 is 0 Å². The maximum atomic E-state index is 2.34. The Kier molecular flexibility index (Phi) is 3.41. The maximum absolute atomic E-state index is 2.34. The van der Waals surface area contributed by atoms with E-state index >= 15 is 0 Å². The fraction of sp³-hybridized carbons (Fsp3) is 0.200. The van der Waals surface area contributed by atoms with E-state index in [1.54, 1.807) is 0 Å². The summed E-state index contributed by atoms with van der Waals surface area (Å²) in [5.74, 6) is 0. The normalized spacial score (nSPS) is 12.4. The predicted molar refractivity (Wildman–Crippen MR) is 74.5 cm³/mol. The summed E-state index contributed by atoms with van der Waals surface area (Å²) in [6.45, 7) is 6.76. The van der Waals surface area contributed by atoms with E-state index in [9.17, 15) is 0 Å². The summed E-state index contributed by atoms with van der Waals surface area (Å²) < 4.78 is 0. The Balaban J connectivity index is 2.42. The van der Waals surface area contributed by atoms with Crippen molar-refractivity contribution < 1.29 is 0 Å². The van der Waals surface area contributed by atoms with Crippen molar-refractivity contribution in [2.75, 3.05) is 6.66 Å². The van der Waals surface area contributed by atoms with Gasteiger partial charge < -0.3 is 0 Å². The molecule has 16 heavy (non-hydrogen) atoms. The molecule has 0 nitrogen and oxygen atoms in total. The van der Waals surface area contributed by atoms with Crippen LogP contribution in [0.3, 0.4) is 0 Å². The molecule has 0 radical (unpaired) electrons. The number of aryl methyl sites for hydroxylation is 1. The van der Waals surface area contributed by atoms with Crippen molar-refractivity contribution in [3.8, 4) is 0 Å². The first-order chi connectivity index (χ1) is 7.70. The molecule has 0 heterocycles. The Hall–Kier alpha value is -1.13. The van der Waals surface area contributed by atoms with E-state index in [0.29, 0.717) is 0 Å². The molecule has 1 unspecified atom stereocenters. The zero-order valence-corrected chi connectivity index (χ0v) is 11.0. The van der Waals surface area contributed by atoms with Crippen molar-refractivity contribution in [1.82, 2.24) is 0 Å². The minimum Gasteiger partial charge on any atom is -0.0622 e. The molecule has 0 fully saturated rings. The van der Waals surface area contributed by atoms with Crippen LogP contribution in [0.4, 0.5) is 0 Å². The Labute approximate surface area is 99.1 Å². The second kappa shape index (κ2) is 4.80. The number of hydrogen-bond donors (Lipinski definition) is 0. The van der Waals surface area contributed by atoms with E-state index in [1.165, 1.54) is 21.7 Å². The molecule has 82 valence electrons. The molecule has 0 bridgehead atoms. The third kappa shape index (κ3) is 2.18. The lowest BCUT2D eigenvalue weighted by Gasteiger charge is -2.16. The molecule has 1 atom stereocenters. The lowest BCUT2D eigenvalue weighted by molar-refractivity contribution is 1.37. The molecule has 2 aromatic carbocycles. The maximum Gasteiger partial charge on any atom is -0.0166 e. The summed E-state index contributed by atoms with van der Waals surface area (Å²) in [6, 6.07) is 17.4. The summed E-state index contributed by atoms with van der Waals surface area (Å²) >= 11 is 0. The molecule has 0 aliphatic rings. The predicted octanol–water partition coefficient (Wildman–Crippen LogP) is 3.37. The molecular formula is C15H17P. The van der Waals surface area contributed by atoms with Crippen molar-refractivity contribution in [3.63, 3.8) is 0 Å². The van der Waals surface area contributed by atoms with Gasteiger partial charge in [0.2, 0.25) is 0 Å². The van der Waals surface area contributed by atoms with Gasteiger partial charge in [-0.25, -0.2) is 0 Å². The number of hydrogen-bond acceptors (Lipinski definition) is 0. The van der Waals surface area contributed by atoms with Crippen LogP contribution < -0.4 is 10.6 Å². The lowest BCUT2D eigenvalue weighted by Crippen LogP contribution is -2.14. The van der Waals surface area contributed by atoms with Gasteiger partial charge in [0, 0.05) is 0 Å². The second-order valence-corrected chi connectivity index (χ2v) is 6.23. The van der Waals surface area contributed by atoms with Gasteiger partial charge >= 0.3 is 0 Å². The largest absolute Gasteiger partial charge is 0.0622 e. The van der Waals surface area contributed by atoms with Gasteiger partial charge in [-0.05, 0) is 50.2 Å². The first kappa shape index (κ1) is 11.4. The fourth-order valence-electron chi connectivity index (χ4n) is 1.89. The van der Waals surface area contributed by atoms with Crippen LogP contribution in [0.1, 0.15) is 11.1 Å². The van der Waals surface area contributed by atoms with Crippen LogP contribution in [0.15, 0.2) is 48.5 Å². The highest BCUT2D eigenvalue weighted by Crippen LogP contribution is 2.30. The molecule has 0 saturated heterocycles. The summed E-state index contributed by atoms with van der Waals surface area (Å²) in [6.07, 6.45) is 0. The van der Waals surface area contributed by atoms with Crippen LogP contribution in [0, 0.1) is 13.8 Å². The first-order valence-electron chi connectivity index (χ1n) is 5.55. The van der Waals surface area contributed by atoms with Gasteiger partial charge in [0.15, 0.2) is 0 Å². The van der Waals surface area contributed by atoms with Crippen LogP contribution in [0.25, 0.3) is 0 Å². The zero-order chi connectivity index (χ0) is 11.5. The Bertz CT molecular complexity index is 474. The van der Waals surface area contributed by atoms with Crippen LogP contribution in [0.2, 0.25) is 0 Å². The SMILES string of the molecule is Cc1cccc(P(C)c2ccccc2)c1C. The van der Waals surface area contributed by atoms with Crippen molar-refractivity contribution in [2.45, 2.75) is 13.8 Å². The lowest BCUT2D eigenvalue weighted by atomic mass is 10.1. The highest BCUT2D eigenvalue weighted by molar-refractivity contribution is 7.72. The highest BCUT2D eigenvalue weighted by atomic mass is 31.1. The first-order valence-corrected chi connectivity index (χ1v) is 7.34. The van der Waals surface area contributed by atoms with Crippen molar-refractivity contribution in [3.05, 3.63) is 59.7 Å². The number of rotatable bonds is 2. The van der Waals surface area contributed by atoms with Gasteiger partial charge in [-0.1, -0.05) is 48.5 Å². The third-order valence-corrected chi connectivity index (χ3v) is 5.36. The van der Waals surface area contributed by atoms with Gasteiger partial charge in [-0.2, -0.15) is 0 Å². The van der Waals surface area contributed by atoms with Crippen LogP contribution in [-0.2, 0) is 0 Å². The zero-order valence-electron chi connectivity index (χ0n) is 10.1.